The summed E-state index contributed by atoms with van der Waals surface area (Å²) in [6.07, 6.45) is 7.74. The van der Waals surface area contributed by atoms with Gasteiger partial charge in [-0.2, -0.15) is 9.97 Å². The number of aromatic nitrogens is 3. The largest absolute Gasteiger partial charge is 0.461 e. The summed E-state index contributed by atoms with van der Waals surface area (Å²) in [5.41, 5.74) is 1.05. The number of rotatable bonds is 5. The van der Waals surface area contributed by atoms with Gasteiger partial charge in [0.25, 0.3) is 0 Å². The number of ether oxygens (including phenoxy) is 1. The van der Waals surface area contributed by atoms with Crippen molar-refractivity contribution in [3.8, 4) is 17.3 Å². The third kappa shape index (κ3) is 4.17. The Balaban J connectivity index is 1.25. The van der Waals surface area contributed by atoms with Crippen molar-refractivity contribution in [2.45, 2.75) is 50.2 Å². The van der Waals surface area contributed by atoms with E-state index in [1.54, 1.807) is 6.20 Å². The number of benzene rings is 2. The van der Waals surface area contributed by atoms with E-state index in [1.165, 1.54) is 12.8 Å². The van der Waals surface area contributed by atoms with Gasteiger partial charge >= 0.3 is 6.01 Å². The zero-order valence-corrected chi connectivity index (χ0v) is 23.7. The Morgan fingerprint density at radius 1 is 1.05 bits per heavy atom. The summed E-state index contributed by atoms with van der Waals surface area (Å²) in [5.74, 6) is 0.694. The van der Waals surface area contributed by atoms with Crippen LogP contribution in [-0.2, 0) is 0 Å². The van der Waals surface area contributed by atoms with Gasteiger partial charge < -0.3 is 14.7 Å². The van der Waals surface area contributed by atoms with Gasteiger partial charge in [-0.25, -0.2) is 4.39 Å². The lowest BCUT2D eigenvalue weighted by Crippen LogP contribution is -2.43. The average Bonchev–Trinajstić information content (AvgIpc) is 3.63. The molecule has 5 heterocycles. The average molecular weight is 574 g/mol. The molecule has 4 aliphatic rings. The highest BCUT2D eigenvalue weighted by molar-refractivity contribution is 6.36. The SMILES string of the molecule is O[C@@H]1C[C@H]2CC1CN(c1nc(OCC34CCCN3CCC4)nc3c(F)c(-c4cccc5cccc(Cl)c45)ncc13)C2. The van der Waals surface area contributed by atoms with Crippen LogP contribution in [0.15, 0.2) is 42.6 Å². The molecule has 4 fully saturated rings. The summed E-state index contributed by atoms with van der Waals surface area (Å²) in [7, 11) is 0. The smallest absolute Gasteiger partial charge is 0.319 e. The van der Waals surface area contributed by atoms with Gasteiger partial charge in [0.05, 0.1) is 17.0 Å². The van der Waals surface area contributed by atoms with Crippen molar-refractivity contribution < 1.29 is 14.2 Å². The lowest BCUT2D eigenvalue weighted by molar-refractivity contribution is 0.108. The van der Waals surface area contributed by atoms with Crippen molar-refractivity contribution in [1.82, 2.24) is 19.9 Å². The summed E-state index contributed by atoms with van der Waals surface area (Å²) >= 11 is 6.60. The van der Waals surface area contributed by atoms with Crippen LogP contribution in [0.5, 0.6) is 6.01 Å². The highest BCUT2D eigenvalue weighted by Gasteiger charge is 2.45. The van der Waals surface area contributed by atoms with Crippen LogP contribution in [0.4, 0.5) is 10.2 Å². The van der Waals surface area contributed by atoms with E-state index in [0.717, 1.165) is 56.1 Å². The standard InChI is InChI=1S/C32H33ClFN5O2/c33-24-8-2-6-20-5-1-7-22(26(20)24)28-27(34)29-23(15-35-28)30(38-16-19-13-21(17-38)25(40)14-19)37-31(36-29)41-18-32-9-3-11-39(32)12-4-10-32/h1-2,5-8,15,19,21,25,40H,3-4,9-14,16-18H2/t19-,21?,25-/m1/s1. The molecule has 1 aliphatic carbocycles. The Morgan fingerprint density at radius 3 is 2.66 bits per heavy atom. The van der Waals surface area contributed by atoms with E-state index in [9.17, 15) is 5.11 Å². The molecule has 0 radical (unpaired) electrons. The van der Waals surface area contributed by atoms with E-state index in [1.807, 2.05) is 36.4 Å². The zero-order chi connectivity index (χ0) is 27.7. The van der Waals surface area contributed by atoms with Crippen LogP contribution in [0.3, 0.4) is 0 Å². The third-order valence-corrected chi connectivity index (χ3v) is 10.3. The van der Waals surface area contributed by atoms with Crippen molar-refractivity contribution >= 4 is 39.1 Å². The van der Waals surface area contributed by atoms with Gasteiger partial charge in [0, 0.05) is 41.2 Å². The van der Waals surface area contributed by atoms with Gasteiger partial charge in [-0.1, -0.05) is 41.9 Å². The number of aliphatic hydroxyl groups excluding tert-OH is 1. The molecule has 3 aliphatic heterocycles. The van der Waals surface area contributed by atoms with Gasteiger partial charge in [0.1, 0.15) is 23.6 Å². The molecular formula is C32H33ClFN5O2. The van der Waals surface area contributed by atoms with Crippen molar-refractivity contribution in [1.29, 1.82) is 0 Å². The molecule has 0 amide bonds. The Labute approximate surface area is 243 Å². The number of hydrogen-bond acceptors (Lipinski definition) is 7. The van der Waals surface area contributed by atoms with Gasteiger partial charge in [-0.3, -0.25) is 9.88 Å². The van der Waals surface area contributed by atoms with Crippen LogP contribution in [0.2, 0.25) is 5.02 Å². The lowest BCUT2D eigenvalue weighted by atomic mass is 9.95. The second-order valence-corrected chi connectivity index (χ2v) is 12.8. The number of pyridine rings is 1. The molecule has 2 aromatic carbocycles. The fourth-order valence-electron chi connectivity index (χ4n) is 8.07. The van der Waals surface area contributed by atoms with Gasteiger partial charge in [0.2, 0.25) is 0 Å². The van der Waals surface area contributed by atoms with E-state index in [-0.39, 0.29) is 34.8 Å². The topological polar surface area (TPSA) is 74.6 Å². The number of anilines is 1. The van der Waals surface area contributed by atoms with Crippen LogP contribution in [0.1, 0.15) is 38.5 Å². The Morgan fingerprint density at radius 2 is 1.85 bits per heavy atom. The van der Waals surface area contributed by atoms with Crippen molar-refractivity contribution in [2.75, 3.05) is 37.7 Å². The number of halogens is 2. The maximum atomic E-state index is 16.6. The fraction of sp³-hybridized carbons (Fsp3) is 0.469. The molecule has 1 unspecified atom stereocenters. The molecule has 8 rings (SSSR count). The molecule has 2 bridgehead atoms. The Kier molecular flexibility index (Phi) is 6.09. The van der Waals surface area contributed by atoms with Crippen molar-refractivity contribution in [3.63, 3.8) is 0 Å². The molecular weight excluding hydrogens is 541 g/mol. The zero-order valence-electron chi connectivity index (χ0n) is 22.9. The Hall–Kier alpha value is -3.07. The maximum absolute atomic E-state index is 16.6. The molecule has 2 aromatic heterocycles. The van der Waals surface area contributed by atoms with Crippen LogP contribution < -0.4 is 9.64 Å². The van der Waals surface area contributed by atoms with E-state index in [0.29, 0.717) is 40.9 Å². The minimum atomic E-state index is -0.509. The molecule has 3 saturated heterocycles. The van der Waals surface area contributed by atoms with Crippen LogP contribution in [0.25, 0.3) is 32.9 Å². The van der Waals surface area contributed by atoms with Crippen LogP contribution in [-0.4, -0.2) is 69.4 Å². The minimum absolute atomic E-state index is 0.0223. The quantitative estimate of drug-likeness (QED) is 0.321. The molecule has 1 saturated carbocycles. The lowest BCUT2D eigenvalue weighted by Gasteiger charge is -2.34. The van der Waals surface area contributed by atoms with E-state index >= 15 is 4.39 Å². The molecule has 41 heavy (non-hydrogen) atoms. The monoisotopic (exact) mass is 573 g/mol. The molecule has 3 atom stereocenters. The van der Waals surface area contributed by atoms with Crippen molar-refractivity contribution in [2.24, 2.45) is 11.8 Å². The predicted molar refractivity (Wildman–Crippen MR) is 158 cm³/mol. The Bertz CT molecular complexity index is 1650. The van der Waals surface area contributed by atoms with Crippen molar-refractivity contribution in [3.05, 3.63) is 53.4 Å². The predicted octanol–water partition coefficient (Wildman–Crippen LogP) is 5.85. The van der Waals surface area contributed by atoms with Gasteiger partial charge in [-0.15, -0.1) is 0 Å². The number of hydrogen-bond donors (Lipinski definition) is 1. The second-order valence-electron chi connectivity index (χ2n) is 12.4. The molecule has 1 N–H and O–H groups in total. The molecule has 9 heteroatoms. The highest BCUT2D eigenvalue weighted by Crippen LogP contribution is 2.43. The summed E-state index contributed by atoms with van der Waals surface area (Å²) in [6.45, 7) is 4.13. The number of piperidine rings is 1. The van der Waals surface area contributed by atoms with E-state index < -0.39 is 5.82 Å². The first-order valence-corrected chi connectivity index (χ1v) is 15.2. The number of aliphatic hydroxyl groups is 1. The normalized spacial score (nSPS) is 25.3. The molecule has 4 aromatic rings. The highest BCUT2D eigenvalue weighted by atomic mass is 35.5. The summed E-state index contributed by atoms with van der Waals surface area (Å²) in [5, 5.41) is 13.4. The summed E-state index contributed by atoms with van der Waals surface area (Å²) < 4.78 is 23.0. The third-order valence-electron chi connectivity index (χ3n) is 10.0. The van der Waals surface area contributed by atoms with E-state index in [4.69, 9.17) is 21.3 Å². The van der Waals surface area contributed by atoms with Gasteiger partial charge in [-0.05, 0) is 69.0 Å². The minimum Gasteiger partial charge on any atom is -0.461 e. The molecule has 212 valence electrons. The molecule has 7 nitrogen and oxygen atoms in total. The first-order chi connectivity index (χ1) is 20.0. The summed E-state index contributed by atoms with van der Waals surface area (Å²) in [4.78, 5) is 18.9. The molecule has 0 spiro atoms. The second kappa shape index (κ2) is 9.75. The first-order valence-electron chi connectivity index (χ1n) is 14.8. The van der Waals surface area contributed by atoms with Crippen LogP contribution in [0, 0.1) is 17.7 Å². The summed E-state index contributed by atoms with van der Waals surface area (Å²) in [6, 6.07) is 11.6. The maximum Gasteiger partial charge on any atom is 0.319 e. The first kappa shape index (κ1) is 25.6. The number of nitrogens with zero attached hydrogens (tertiary/aromatic N) is 5. The number of fused-ring (bicyclic) bond motifs is 5. The van der Waals surface area contributed by atoms with E-state index in [2.05, 4.69) is 19.8 Å². The van der Waals surface area contributed by atoms with Crippen LogP contribution >= 0.6 is 11.6 Å². The van der Waals surface area contributed by atoms with Gasteiger partial charge in [0.15, 0.2) is 5.82 Å². The fourth-order valence-corrected chi connectivity index (χ4v) is 8.35.